The average molecular weight is 668 g/mol. The summed E-state index contributed by atoms with van der Waals surface area (Å²) < 4.78 is 6.58. The standard InChI is InChI=1S/C32H45N9O7/c1-20(33-2)28(43)37-25-17-27(42)34-18-22-19-40(39-38-22)14-8-7-12-23(32(47)48-3)35-29(44)24(16-21-10-5-4-6-11-21)36-30(45)26-13-9-15-41(26)31(25)46/h4-6,10-11,19-20,23-26,33H,7-9,12-18H2,1-3H3,(H,34,42)(H,35,44)(H,36,45)(H,37,43). The van der Waals surface area contributed by atoms with Gasteiger partial charge in [0.15, 0.2) is 0 Å². The van der Waals surface area contributed by atoms with Gasteiger partial charge in [0.2, 0.25) is 29.5 Å². The van der Waals surface area contributed by atoms with Gasteiger partial charge >= 0.3 is 5.97 Å². The molecule has 0 aliphatic carbocycles. The molecule has 2 aliphatic rings. The van der Waals surface area contributed by atoms with Gasteiger partial charge in [-0.2, -0.15) is 0 Å². The summed E-state index contributed by atoms with van der Waals surface area (Å²) in [5.41, 5.74) is 1.27. The zero-order chi connectivity index (χ0) is 34.6. The van der Waals surface area contributed by atoms with Crippen LogP contribution in [0.5, 0.6) is 0 Å². The lowest BCUT2D eigenvalue weighted by molar-refractivity contribution is -0.146. The lowest BCUT2D eigenvalue weighted by Crippen LogP contribution is -2.59. The van der Waals surface area contributed by atoms with Gasteiger partial charge in [-0.05, 0) is 51.6 Å². The Hall–Kier alpha value is -4.86. The number of ether oxygens (including phenoxy) is 1. The Morgan fingerprint density at radius 2 is 1.79 bits per heavy atom. The van der Waals surface area contributed by atoms with E-state index in [0.29, 0.717) is 37.9 Å². The highest BCUT2D eigenvalue weighted by Crippen LogP contribution is 2.20. The van der Waals surface area contributed by atoms with Crippen LogP contribution in [0.2, 0.25) is 0 Å². The monoisotopic (exact) mass is 667 g/mol. The van der Waals surface area contributed by atoms with Crippen molar-refractivity contribution in [2.45, 2.75) is 95.2 Å². The minimum Gasteiger partial charge on any atom is -0.467 e. The third-order valence-corrected chi connectivity index (χ3v) is 8.57. The van der Waals surface area contributed by atoms with Crippen LogP contribution >= 0.6 is 0 Å². The number of aryl methyl sites for hydroxylation is 1. The molecule has 1 saturated heterocycles. The summed E-state index contributed by atoms with van der Waals surface area (Å²) in [4.78, 5) is 81.4. The second kappa shape index (κ2) is 17.3. The Morgan fingerprint density at radius 1 is 1.02 bits per heavy atom. The molecule has 48 heavy (non-hydrogen) atoms. The Labute approximate surface area is 279 Å². The van der Waals surface area contributed by atoms with Gasteiger partial charge in [-0.3, -0.25) is 28.7 Å². The van der Waals surface area contributed by atoms with Gasteiger partial charge in [0, 0.05) is 19.5 Å². The highest BCUT2D eigenvalue weighted by Gasteiger charge is 2.40. The van der Waals surface area contributed by atoms with Crippen LogP contribution in [-0.2, 0) is 53.0 Å². The van der Waals surface area contributed by atoms with E-state index in [1.54, 1.807) is 24.9 Å². The van der Waals surface area contributed by atoms with Crippen molar-refractivity contribution in [3.8, 4) is 0 Å². The van der Waals surface area contributed by atoms with E-state index in [2.05, 4.69) is 36.9 Å². The lowest BCUT2D eigenvalue weighted by atomic mass is 10.0. The topological polar surface area (TPSA) is 206 Å². The van der Waals surface area contributed by atoms with Gasteiger partial charge < -0.3 is 36.2 Å². The fraction of sp³-hybridized carbons (Fsp3) is 0.562. The van der Waals surface area contributed by atoms with Crippen molar-refractivity contribution in [1.82, 2.24) is 46.5 Å². The molecular weight excluding hydrogens is 622 g/mol. The molecule has 0 radical (unpaired) electrons. The summed E-state index contributed by atoms with van der Waals surface area (Å²) in [6, 6.07) is 4.22. The molecule has 0 spiro atoms. The van der Waals surface area contributed by atoms with Crippen LogP contribution in [0, 0.1) is 0 Å². The smallest absolute Gasteiger partial charge is 0.328 e. The Kier molecular flexibility index (Phi) is 13.0. The number of nitrogens with one attached hydrogen (secondary N) is 5. The summed E-state index contributed by atoms with van der Waals surface area (Å²) in [6.07, 6.45) is 3.69. The van der Waals surface area contributed by atoms with E-state index < -0.39 is 65.7 Å². The molecular formula is C32H45N9O7. The van der Waals surface area contributed by atoms with E-state index in [4.69, 9.17) is 4.74 Å². The van der Waals surface area contributed by atoms with E-state index in [1.807, 2.05) is 30.3 Å². The molecule has 5 N–H and O–H groups in total. The van der Waals surface area contributed by atoms with Crippen LogP contribution < -0.4 is 26.6 Å². The maximum atomic E-state index is 13.9. The summed E-state index contributed by atoms with van der Waals surface area (Å²) in [5.74, 6) is -3.33. The van der Waals surface area contributed by atoms with Crippen LogP contribution in [0.4, 0.5) is 0 Å². The van der Waals surface area contributed by atoms with E-state index in [9.17, 15) is 28.8 Å². The molecule has 5 unspecified atom stereocenters. The number of rotatable bonds is 6. The first kappa shape index (κ1) is 36.0. The first-order valence-corrected chi connectivity index (χ1v) is 16.3. The number of amides is 5. The molecule has 0 saturated carbocycles. The SMILES string of the molecule is CNC(C)C(=O)NC1CC(=O)NCc2cn(nn2)CCCCC(C(=O)OC)NC(=O)C(Cc2ccccc2)NC(=O)C2CCCN2C1=O. The second-order valence-corrected chi connectivity index (χ2v) is 12.0. The quantitative estimate of drug-likeness (QED) is 0.236. The highest BCUT2D eigenvalue weighted by molar-refractivity contribution is 5.97. The van der Waals surface area contributed by atoms with Crippen molar-refractivity contribution in [2.75, 3.05) is 20.7 Å². The van der Waals surface area contributed by atoms with Crippen LogP contribution in [-0.4, -0.2) is 106 Å². The Balaban J connectivity index is 1.64. The van der Waals surface area contributed by atoms with Crippen molar-refractivity contribution in [3.05, 3.63) is 47.8 Å². The van der Waals surface area contributed by atoms with Crippen LogP contribution in [0.1, 0.15) is 56.7 Å². The molecule has 5 amide bonds. The third-order valence-electron chi connectivity index (χ3n) is 8.57. The first-order valence-electron chi connectivity index (χ1n) is 16.3. The molecule has 5 atom stereocenters. The lowest BCUT2D eigenvalue weighted by Gasteiger charge is -2.30. The molecule has 4 rings (SSSR count). The van der Waals surface area contributed by atoms with Gasteiger partial charge in [-0.25, -0.2) is 4.79 Å². The summed E-state index contributed by atoms with van der Waals surface area (Å²) in [6.45, 7) is 2.36. The van der Waals surface area contributed by atoms with E-state index >= 15 is 0 Å². The molecule has 1 aromatic carbocycles. The molecule has 1 aromatic heterocycles. The number of benzene rings is 1. The number of fused-ring (bicyclic) bond motifs is 3. The van der Waals surface area contributed by atoms with Crippen LogP contribution in [0.15, 0.2) is 36.5 Å². The molecule has 3 heterocycles. The van der Waals surface area contributed by atoms with Crippen molar-refractivity contribution < 1.29 is 33.5 Å². The summed E-state index contributed by atoms with van der Waals surface area (Å²) >= 11 is 0. The van der Waals surface area contributed by atoms with Crippen molar-refractivity contribution in [1.29, 1.82) is 0 Å². The number of nitrogens with zero attached hydrogens (tertiary/aromatic N) is 4. The van der Waals surface area contributed by atoms with Gasteiger partial charge in [0.25, 0.3) is 0 Å². The molecule has 260 valence electrons. The molecule has 16 heteroatoms. The van der Waals surface area contributed by atoms with Crippen molar-refractivity contribution >= 4 is 35.5 Å². The van der Waals surface area contributed by atoms with Gasteiger partial charge in [-0.15, -0.1) is 5.10 Å². The molecule has 2 bridgehead atoms. The Bertz CT molecular complexity index is 1450. The zero-order valence-electron chi connectivity index (χ0n) is 27.6. The third kappa shape index (κ3) is 9.82. The predicted octanol–water partition coefficient (Wildman–Crippen LogP) is -1.06. The Morgan fingerprint density at radius 3 is 2.52 bits per heavy atom. The number of hydrogen-bond acceptors (Lipinski definition) is 10. The summed E-state index contributed by atoms with van der Waals surface area (Å²) in [5, 5.41) is 22.0. The number of carbonyl (C=O) groups excluding carboxylic acids is 6. The number of carbonyl (C=O) groups is 6. The van der Waals surface area contributed by atoms with Gasteiger partial charge in [0.05, 0.1) is 32.3 Å². The predicted molar refractivity (Wildman–Crippen MR) is 172 cm³/mol. The number of likely N-dealkylation sites (N-methyl/N-ethyl adjacent to an activating group) is 1. The molecule has 2 aromatic rings. The maximum absolute atomic E-state index is 13.9. The van der Waals surface area contributed by atoms with E-state index in [0.717, 1.165) is 5.56 Å². The average Bonchev–Trinajstić information content (AvgIpc) is 3.77. The van der Waals surface area contributed by atoms with Gasteiger partial charge in [0.1, 0.15) is 29.9 Å². The first-order chi connectivity index (χ1) is 23.1. The number of esters is 1. The second-order valence-electron chi connectivity index (χ2n) is 12.0. The number of hydrogen-bond donors (Lipinski definition) is 5. The van der Waals surface area contributed by atoms with Gasteiger partial charge in [-0.1, -0.05) is 35.5 Å². The largest absolute Gasteiger partial charge is 0.467 e. The fourth-order valence-corrected chi connectivity index (χ4v) is 5.72. The van der Waals surface area contributed by atoms with Crippen LogP contribution in [0.3, 0.4) is 0 Å². The van der Waals surface area contributed by atoms with Crippen molar-refractivity contribution in [2.24, 2.45) is 0 Å². The molecule has 1 fully saturated rings. The maximum Gasteiger partial charge on any atom is 0.328 e. The fourth-order valence-electron chi connectivity index (χ4n) is 5.72. The van der Waals surface area contributed by atoms with Crippen LogP contribution in [0.25, 0.3) is 0 Å². The van der Waals surface area contributed by atoms with E-state index in [1.165, 1.54) is 12.0 Å². The minimum absolute atomic E-state index is 0.0502. The zero-order valence-corrected chi connectivity index (χ0v) is 27.6. The number of methoxy groups -OCH3 is 1. The minimum atomic E-state index is -1.25. The number of aromatic nitrogens is 3. The molecule has 16 nitrogen and oxygen atoms in total. The summed E-state index contributed by atoms with van der Waals surface area (Å²) in [7, 11) is 2.84. The van der Waals surface area contributed by atoms with Crippen molar-refractivity contribution in [3.63, 3.8) is 0 Å². The molecule has 2 aliphatic heterocycles. The normalized spacial score (nSPS) is 23.9. The van der Waals surface area contributed by atoms with E-state index in [-0.39, 0.29) is 32.4 Å². The highest BCUT2D eigenvalue weighted by atomic mass is 16.5.